The maximum absolute atomic E-state index is 13.1. The number of carbonyl (C=O) groups excluding carboxylic acids is 2. The highest BCUT2D eigenvalue weighted by Crippen LogP contribution is 2.53. The number of amides is 1. The number of hydrogen-bond acceptors (Lipinski definition) is 5. The number of nitrogens with zero attached hydrogens (tertiary/aromatic N) is 1. The van der Waals surface area contributed by atoms with Gasteiger partial charge in [-0.1, -0.05) is 68.1 Å². The predicted molar refractivity (Wildman–Crippen MR) is 130 cm³/mol. The Hall–Kier alpha value is -3.12. The topological polar surface area (TPSA) is 76.1 Å². The monoisotopic (exact) mass is 463 g/mol. The zero-order valence-corrected chi connectivity index (χ0v) is 19.9. The number of allylic oxidation sites excluding steroid dienone is 1. The minimum atomic E-state index is -1.13. The summed E-state index contributed by atoms with van der Waals surface area (Å²) >= 11 is 0. The zero-order chi connectivity index (χ0) is 24.3. The van der Waals surface area contributed by atoms with Crippen LogP contribution in [0.5, 0.6) is 0 Å². The molecule has 2 aromatic carbocycles. The molecule has 1 unspecified atom stereocenters. The predicted octanol–water partition coefficient (Wildman–Crippen LogP) is 4.91. The van der Waals surface area contributed by atoms with Crippen molar-refractivity contribution in [1.29, 1.82) is 0 Å². The lowest BCUT2D eigenvalue weighted by molar-refractivity contribution is -0.149. The van der Waals surface area contributed by atoms with Crippen LogP contribution in [-0.2, 0) is 26.5 Å². The second-order valence-electron chi connectivity index (χ2n) is 9.16. The Morgan fingerprint density at radius 1 is 1.09 bits per heavy atom. The molecular weight excluding hydrogens is 430 g/mol. The third-order valence-corrected chi connectivity index (χ3v) is 7.31. The first-order valence-corrected chi connectivity index (χ1v) is 12.0. The maximum atomic E-state index is 13.1. The smallest absolute Gasteiger partial charge is 0.410 e. The van der Waals surface area contributed by atoms with E-state index in [-0.39, 0.29) is 31.6 Å². The molecule has 2 aliphatic rings. The summed E-state index contributed by atoms with van der Waals surface area (Å²) in [6.07, 6.45) is 1.44. The van der Waals surface area contributed by atoms with Gasteiger partial charge in [0.25, 0.3) is 0 Å². The van der Waals surface area contributed by atoms with Crippen LogP contribution in [0.1, 0.15) is 49.8 Å². The third kappa shape index (κ3) is 4.47. The molecule has 34 heavy (non-hydrogen) atoms. The Balaban J connectivity index is 1.57. The number of esters is 1. The fraction of sp³-hybridized carbons (Fsp3) is 0.429. The molecule has 1 amide bonds. The van der Waals surface area contributed by atoms with Gasteiger partial charge in [-0.25, -0.2) is 9.59 Å². The summed E-state index contributed by atoms with van der Waals surface area (Å²) in [7, 11) is 0. The number of rotatable bonds is 7. The second-order valence-corrected chi connectivity index (χ2v) is 9.16. The van der Waals surface area contributed by atoms with Crippen molar-refractivity contribution >= 4 is 17.6 Å². The lowest BCUT2D eigenvalue weighted by Crippen LogP contribution is -2.44. The van der Waals surface area contributed by atoms with Gasteiger partial charge in [-0.15, -0.1) is 0 Å². The molecule has 0 radical (unpaired) electrons. The van der Waals surface area contributed by atoms with Crippen molar-refractivity contribution < 1.29 is 24.2 Å². The van der Waals surface area contributed by atoms with E-state index in [0.717, 1.165) is 28.7 Å². The van der Waals surface area contributed by atoms with Gasteiger partial charge in [-0.05, 0) is 54.4 Å². The highest BCUT2D eigenvalue weighted by atomic mass is 16.6. The minimum absolute atomic E-state index is 0.119. The Kier molecular flexibility index (Phi) is 7.08. The van der Waals surface area contributed by atoms with E-state index in [2.05, 4.69) is 13.5 Å². The molecule has 0 bridgehead atoms. The molecule has 1 N–H and O–H groups in total. The van der Waals surface area contributed by atoms with Crippen molar-refractivity contribution in [2.45, 2.75) is 51.4 Å². The number of likely N-dealkylation sites (tertiary alicyclic amines) is 1. The molecule has 6 heteroatoms. The molecule has 1 aliphatic heterocycles. The average molecular weight is 464 g/mol. The van der Waals surface area contributed by atoms with Gasteiger partial charge in [0.2, 0.25) is 0 Å². The van der Waals surface area contributed by atoms with Gasteiger partial charge >= 0.3 is 12.1 Å². The van der Waals surface area contributed by atoms with Crippen molar-refractivity contribution in [3.63, 3.8) is 0 Å². The molecular formula is C28H33NO5. The average Bonchev–Trinajstić information content (AvgIpc) is 3.41. The first kappa shape index (κ1) is 24.0. The van der Waals surface area contributed by atoms with E-state index in [0.29, 0.717) is 12.8 Å². The van der Waals surface area contributed by atoms with E-state index in [4.69, 9.17) is 9.47 Å². The molecule has 180 valence electrons. The van der Waals surface area contributed by atoms with Crippen LogP contribution < -0.4 is 0 Å². The van der Waals surface area contributed by atoms with Crippen LogP contribution in [0.2, 0.25) is 0 Å². The summed E-state index contributed by atoms with van der Waals surface area (Å²) in [4.78, 5) is 27.4. The van der Waals surface area contributed by atoms with Gasteiger partial charge in [0.15, 0.2) is 0 Å². The van der Waals surface area contributed by atoms with Crippen LogP contribution in [0.4, 0.5) is 4.79 Å². The highest BCUT2D eigenvalue weighted by Gasteiger charge is 2.60. The third-order valence-electron chi connectivity index (χ3n) is 7.31. The number of aliphatic hydroxyl groups is 1. The van der Waals surface area contributed by atoms with Crippen molar-refractivity contribution in [3.05, 3.63) is 77.9 Å². The number of ether oxygens (including phenoxy) is 2. The Morgan fingerprint density at radius 2 is 1.79 bits per heavy atom. The summed E-state index contributed by atoms with van der Waals surface area (Å²) < 4.78 is 10.9. The standard InChI is InChI=1S/C28H33NO5/c1-4-19(3)21-11-13-22(14-12-21)28(32)16-15-23-24(28)17-29(25(23)26(30)33-5-2)27(31)34-18-20-9-7-6-8-10-20/h6-14,23-25,32H,3-5,15-18H2,1-2H3/t23-,24-,25-,28?/m0/s1. The first-order valence-electron chi connectivity index (χ1n) is 12.0. The van der Waals surface area contributed by atoms with Crippen LogP contribution in [0.15, 0.2) is 61.2 Å². The van der Waals surface area contributed by atoms with Crippen LogP contribution in [-0.4, -0.2) is 41.3 Å². The fourth-order valence-corrected chi connectivity index (χ4v) is 5.43. The fourth-order valence-electron chi connectivity index (χ4n) is 5.43. The van der Waals surface area contributed by atoms with Crippen LogP contribution >= 0.6 is 0 Å². The SMILES string of the molecule is C=C(CC)c1ccc(C2(O)CC[C@@H]3[C@@H](C(=O)OCC)N(C(=O)OCc4ccccc4)C[C@@H]32)cc1. The van der Waals surface area contributed by atoms with Crippen molar-refractivity contribution in [3.8, 4) is 0 Å². The molecule has 1 heterocycles. The Bertz CT molecular complexity index is 1030. The summed E-state index contributed by atoms with van der Waals surface area (Å²) in [6, 6.07) is 16.5. The molecule has 6 nitrogen and oxygen atoms in total. The molecule has 2 fully saturated rings. The van der Waals surface area contributed by atoms with Gasteiger partial charge < -0.3 is 14.6 Å². The maximum Gasteiger partial charge on any atom is 0.410 e. The number of hydrogen-bond donors (Lipinski definition) is 1. The minimum Gasteiger partial charge on any atom is -0.464 e. The first-order chi connectivity index (χ1) is 16.4. The molecule has 1 aliphatic carbocycles. The number of carbonyl (C=O) groups is 2. The lowest BCUT2D eigenvalue weighted by Gasteiger charge is -2.30. The van der Waals surface area contributed by atoms with Gasteiger partial charge in [-0.2, -0.15) is 0 Å². The summed E-state index contributed by atoms with van der Waals surface area (Å²) in [6.45, 7) is 8.48. The van der Waals surface area contributed by atoms with Crippen molar-refractivity contribution in [2.75, 3.05) is 13.2 Å². The molecule has 1 saturated heterocycles. The van der Waals surface area contributed by atoms with Crippen molar-refractivity contribution in [2.24, 2.45) is 11.8 Å². The molecule has 2 aromatic rings. The molecule has 4 atom stereocenters. The summed E-state index contributed by atoms with van der Waals surface area (Å²) in [5.74, 6) is -0.921. The van der Waals surface area contributed by atoms with Crippen LogP contribution in [0.3, 0.4) is 0 Å². The molecule has 0 aromatic heterocycles. The molecule has 1 saturated carbocycles. The Morgan fingerprint density at radius 3 is 2.44 bits per heavy atom. The zero-order valence-electron chi connectivity index (χ0n) is 19.9. The lowest BCUT2D eigenvalue weighted by atomic mass is 9.80. The Labute approximate surface area is 201 Å². The van der Waals surface area contributed by atoms with E-state index in [1.54, 1.807) is 6.92 Å². The molecule has 4 rings (SSSR count). The summed E-state index contributed by atoms with van der Waals surface area (Å²) in [5.41, 5.74) is 2.63. The van der Waals surface area contributed by atoms with Gasteiger partial charge in [0.1, 0.15) is 12.6 Å². The number of benzene rings is 2. The highest BCUT2D eigenvalue weighted by molar-refractivity contribution is 5.83. The quantitative estimate of drug-likeness (QED) is 0.591. The van der Waals surface area contributed by atoms with E-state index in [9.17, 15) is 14.7 Å². The largest absolute Gasteiger partial charge is 0.464 e. The van der Waals surface area contributed by atoms with Gasteiger partial charge in [0.05, 0.1) is 12.2 Å². The van der Waals surface area contributed by atoms with Gasteiger partial charge in [0, 0.05) is 12.5 Å². The van der Waals surface area contributed by atoms with E-state index in [1.807, 2.05) is 54.6 Å². The van der Waals surface area contributed by atoms with E-state index in [1.165, 1.54) is 4.90 Å². The van der Waals surface area contributed by atoms with Crippen LogP contribution in [0.25, 0.3) is 5.57 Å². The van der Waals surface area contributed by atoms with E-state index < -0.39 is 23.7 Å². The van der Waals surface area contributed by atoms with Crippen LogP contribution in [0, 0.1) is 11.8 Å². The number of fused-ring (bicyclic) bond motifs is 1. The second kappa shape index (κ2) is 10.0. The van der Waals surface area contributed by atoms with Crippen molar-refractivity contribution in [1.82, 2.24) is 4.90 Å². The normalized spacial score (nSPS) is 25.6. The molecule has 0 spiro atoms. The van der Waals surface area contributed by atoms with Gasteiger partial charge in [-0.3, -0.25) is 4.90 Å². The summed E-state index contributed by atoms with van der Waals surface area (Å²) in [5, 5.41) is 11.8. The van der Waals surface area contributed by atoms with E-state index >= 15 is 0 Å².